The Kier molecular flexibility index (Phi) is 9.36. The Morgan fingerprint density at radius 1 is 1.31 bits per heavy atom. The Bertz CT molecular complexity index is 193. The largest absolute Gasteiger partial charge is 0.480 e. The molecule has 0 aliphatic carbocycles. The van der Waals surface area contributed by atoms with E-state index in [-0.39, 0.29) is 4.65 Å². The number of hydrogen-bond acceptors (Lipinski definition) is 4. The molecule has 0 bridgehead atoms. The lowest BCUT2D eigenvalue weighted by Crippen LogP contribution is -2.51. The van der Waals surface area contributed by atoms with Crippen molar-refractivity contribution in [3.63, 3.8) is 0 Å². The quantitative estimate of drug-likeness (QED) is 0.314. The average molecular weight is 237 g/mol. The predicted molar refractivity (Wildman–Crippen MR) is 60.7 cm³/mol. The van der Waals surface area contributed by atoms with Crippen LogP contribution in [0.1, 0.15) is 34.1 Å². The Morgan fingerprint density at radius 2 is 1.69 bits per heavy atom. The lowest BCUT2D eigenvalue weighted by atomic mass is 10.2. The van der Waals surface area contributed by atoms with Gasteiger partial charge in [0, 0.05) is 6.92 Å². The fourth-order valence-corrected chi connectivity index (χ4v) is 0.927. The van der Waals surface area contributed by atoms with Crippen LogP contribution < -0.4 is 5.73 Å². The van der Waals surface area contributed by atoms with Crippen molar-refractivity contribution in [1.29, 1.82) is 0 Å². The van der Waals surface area contributed by atoms with Crippen molar-refractivity contribution in [2.45, 2.75) is 46.4 Å². The van der Waals surface area contributed by atoms with Crippen molar-refractivity contribution in [3.05, 3.63) is 0 Å². The van der Waals surface area contributed by atoms with E-state index in [1.165, 1.54) is 0 Å². The number of carbonyl (C=O) groups is 1. The van der Waals surface area contributed by atoms with E-state index < -0.39 is 18.2 Å². The van der Waals surface area contributed by atoms with Gasteiger partial charge < -0.3 is 15.9 Å². The predicted octanol–water partition coefficient (Wildman–Crippen LogP) is 0.379. The molecule has 0 amide bonds. The van der Waals surface area contributed by atoms with Gasteiger partial charge in [0.25, 0.3) is 0 Å². The van der Waals surface area contributed by atoms with Crippen LogP contribution in [0.25, 0.3) is 0 Å². The SMILES string of the molecule is CCC(N)C(=O)O.CC[N+](O)(CC)C(C)O. The number of nitrogens with two attached hydrogens (primary N) is 1. The van der Waals surface area contributed by atoms with Crippen molar-refractivity contribution in [2.24, 2.45) is 5.73 Å². The first kappa shape index (κ1) is 17.7. The highest BCUT2D eigenvalue weighted by molar-refractivity contribution is 5.72. The minimum atomic E-state index is -0.928. The Hall–Kier alpha value is -0.690. The second kappa shape index (κ2) is 8.46. The van der Waals surface area contributed by atoms with Crippen molar-refractivity contribution in [3.8, 4) is 0 Å². The monoisotopic (exact) mass is 237 g/mol. The summed E-state index contributed by atoms with van der Waals surface area (Å²) in [7, 11) is 0. The van der Waals surface area contributed by atoms with Crippen molar-refractivity contribution < 1.29 is 24.9 Å². The minimum Gasteiger partial charge on any atom is -0.480 e. The maximum atomic E-state index is 9.81. The molecule has 16 heavy (non-hydrogen) atoms. The van der Waals surface area contributed by atoms with E-state index in [0.717, 1.165) is 0 Å². The van der Waals surface area contributed by atoms with Gasteiger partial charge in [-0.3, -0.25) is 4.79 Å². The van der Waals surface area contributed by atoms with Crippen LogP contribution in [0.3, 0.4) is 0 Å². The topological polar surface area (TPSA) is 104 Å². The summed E-state index contributed by atoms with van der Waals surface area (Å²) in [5.74, 6) is -0.928. The summed E-state index contributed by atoms with van der Waals surface area (Å²) < 4.78 is -0.250. The van der Waals surface area contributed by atoms with Crippen LogP contribution in [-0.2, 0) is 4.79 Å². The maximum absolute atomic E-state index is 9.81. The molecule has 0 fully saturated rings. The van der Waals surface area contributed by atoms with Crippen molar-refractivity contribution in [1.82, 2.24) is 0 Å². The first-order chi connectivity index (χ1) is 7.25. The van der Waals surface area contributed by atoms with Gasteiger partial charge in [0.15, 0.2) is 0 Å². The molecule has 2 atom stereocenters. The van der Waals surface area contributed by atoms with Gasteiger partial charge in [0.05, 0.1) is 0 Å². The van der Waals surface area contributed by atoms with E-state index in [9.17, 15) is 10.0 Å². The average Bonchev–Trinajstić information content (AvgIpc) is 2.27. The highest BCUT2D eigenvalue weighted by Gasteiger charge is 2.26. The fourth-order valence-electron chi connectivity index (χ4n) is 0.927. The van der Waals surface area contributed by atoms with E-state index >= 15 is 0 Å². The van der Waals surface area contributed by atoms with Crippen LogP contribution in [-0.4, -0.2) is 51.4 Å². The molecule has 0 spiro atoms. The van der Waals surface area contributed by atoms with Gasteiger partial charge in [0.2, 0.25) is 6.23 Å². The summed E-state index contributed by atoms with van der Waals surface area (Å²) in [6.07, 6.45) is -0.185. The first-order valence-corrected chi connectivity index (χ1v) is 5.51. The zero-order chi connectivity index (χ0) is 13.4. The molecule has 98 valence electrons. The van der Waals surface area contributed by atoms with Crippen LogP contribution in [0, 0.1) is 0 Å². The highest BCUT2D eigenvalue weighted by Crippen LogP contribution is 2.04. The van der Waals surface area contributed by atoms with E-state index in [0.29, 0.717) is 19.5 Å². The molecular formula is C10H25N2O4+. The molecule has 5 N–H and O–H groups in total. The molecule has 6 nitrogen and oxygen atoms in total. The molecular weight excluding hydrogens is 212 g/mol. The molecule has 0 rings (SSSR count). The third-order valence-electron chi connectivity index (χ3n) is 2.55. The number of aliphatic hydroxyl groups excluding tert-OH is 1. The van der Waals surface area contributed by atoms with Crippen LogP contribution in [0.5, 0.6) is 0 Å². The van der Waals surface area contributed by atoms with Crippen molar-refractivity contribution in [2.75, 3.05) is 13.1 Å². The molecule has 0 saturated carbocycles. The smallest absolute Gasteiger partial charge is 0.320 e. The van der Waals surface area contributed by atoms with Gasteiger partial charge >= 0.3 is 5.97 Å². The van der Waals surface area contributed by atoms with Crippen LogP contribution >= 0.6 is 0 Å². The third kappa shape index (κ3) is 6.73. The number of hydrogen-bond donors (Lipinski definition) is 4. The normalized spacial score (nSPS) is 14.7. The van der Waals surface area contributed by atoms with E-state index in [4.69, 9.17) is 15.9 Å². The molecule has 0 aliphatic heterocycles. The third-order valence-corrected chi connectivity index (χ3v) is 2.55. The first-order valence-electron chi connectivity index (χ1n) is 5.51. The molecule has 0 aliphatic rings. The van der Waals surface area contributed by atoms with E-state index in [2.05, 4.69) is 0 Å². The fraction of sp³-hybridized carbons (Fsp3) is 0.900. The zero-order valence-electron chi connectivity index (χ0n) is 10.6. The number of carboxylic acids is 1. The number of carboxylic acid groups (broad SMARTS) is 1. The Labute approximate surface area is 96.8 Å². The number of rotatable bonds is 5. The van der Waals surface area contributed by atoms with Gasteiger partial charge in [-0.2, -0.15) is 4.65 Å². The maximum Gasteiger partial charge on any atom is 0.320 e. The lowest BCUT2D eigenvalue weighted by Gasteiger charge is -2.29. The van der Waals surface area contributed by atoms with Crippen molar-refractivity contribution >= 4 is 5.97 Å². The van der Waals surface area contributed by atoms with Crippen LogP contribution in [0.2, 0.25) is 0 Å². The summed E-state index contributed by atoms with van der Waals surface area (Å²) in [6.45, 7) is 8.11. The Morgan fingerprint density at radius 3 is 1.69 bits per heavy atom. The molecule has 0 saturated heterocycles. The second-order valence-electron chi connectivity index (χ2n) is 3.60. The Balaban J connectivity index is 0. The van der Waals surface area contributed by atoms with Gasteiger partial charge in [-0.25, -0.2) is 5.21 Å². The zero-order valence-corrected chi connectivity index (χ0v) is 10.6. The number of aliphatic hydroxyl groups is 1. The number of nitrogens with zero attached hydrogens (tertiary/aromatic N) is 1. The van der Waals surface area contributed by atoms with E-state index in [1.807, 2.05) is 13.8 Å². The summed E-state index contributed by atoms with van der Waals surface area (Å²) in [5, 5.41) is 26.4. The van der Waals surface area contributed by atoms with Crippen LogP contribution in [0.4, 0.5) is 0 Å². The molecule has 0 aromatic heterocycles. The number of hydroxylamine groups is 3. The highest BCUT2D eigenvalue weighted by atomic mass is 16.6. The summed E-state index contributed by atoms with van der Waals surface area (Å²) in [5.41, 5.74) is 5.02. The molecule has 0 aromatic carbocycles. The van der Waals surface area contributed by atoms with Gasteiger partial charge in [0.1, 0.15) is 19.1 Å². The van der Waals surface area contributed by atoms with Gasteiger partial charge in [-0.05, 0) is 20.3 Å². The number of quaternary nitrogens is 1. The molecule has 0 radical (unpaired) electrons. The van der Waals surface area contributed by atoms with E-state index in [1.54, 1.807) is 13.8 Å². The summed E-state index contributed by atoms with van der Waals surface area (Å²) >= 11 is 0. The molecule has 2 unspecified atom stereocenters. The van der Waals surface area contributed by atoms with Crippen LogP contribution in [0.15, 0.2) is 0 Å². The molecule has 0 heterocycles. The second-order valence-corrected chi connectivity index (χ2v) is 3.60. The molecule has 0 aromatic rings. The number of aliphatic carboxylic acids is 1. The van der Waals surface area contributed by atoms with Gasteiger partial charge in [-0.15, -0.1) is 0 Å². The lowest BCUT2D eigenvalue weighted by molar-refractivity contribution is -1.13. The molecule has 6 heteroatoms. The van der Waals surface area contributed by atoms with Gasteiger partial charge in [-0.1, -0.05) is 6.92 Å². The standard InChI is InChI=1S/C6H16NO2.C4H9NO2/c1-4-7(9,5-2)6(3)8;1-2-3(5)4(6)7/h6,8-9H,4-5H2,1-3H3;3H,2,5H2,1H3,(H,6,7)/q+1;. The summed E-state index contributed by atoms with van der Waals surface area (Å²) in [6, 6.07) is -0.681. The summed E-state index contributed by atoms with van der Waals surface area (Å²) in [4.78, 5) is 9.81. The minimum absolute atomic E-state index is 0.250.